The van der Waals surface area contributed by atoms with E-state index in [4.69, 9.17) is 14.2 Å². The molecular formula is C18H23N3O4. The summed E-state index contributed by atoms with van der Waals surface area (Å²) in [7, 11) is 3.17. The number of rotatable bonds is 5. The molecule has 25 heavy (non-hydrogen) atoms. The molecule has 1 aliphatic rings. The number of hydrogen-bond donors (Lipinski definition) is 2. The average molecular weight is 345 g/mol. The van der Waals surface area contributed by atoms with Gasteiger partial charge in [-0.05, 0) is 31.5 Å². The van der Waals surface area contributed by atoms with E-state index < -0.39 is 0 Å². The summed E-state index contributed by atoms with van der Waals surface area (Å²) in [5.41, 5.74) is 3.18. The first-order valence-electron chi connectivity index (χ1n) is 8.25. The van der Waals surface area contributed by atoms with E-state index in [1.54, 1.807) is 14.2 Å². The highest BCUT2D eigenvalue weighted by molar-refractivity contribution is 5.94. The Kier molecular flexibility index (Phi) is 4.94. The van der Waals surface area contributed by atoms with Crippen LogP contribution in [0.1, 0.15) is 47.3 Å². The van der Waals surface area contributed by atoms with Gasteiger partial charge in [-0.1, -0.05) is 6.07 Å². The number of methoxy groups -OCH3 is 2. The SMILES string of the molecule is COc1ccc(CNC(=O)c2n[nH]c3c2C[C@H](C)O[C@@H]3C)cc1OC. The van der Waals surface area contributed by atoms with E-state index in [1.165, 1.54) is 0 Å². The number of aromatic nitrogens is 2. The monoisotopic (exact) mass is 345 g/mol. The minimum absolute atomic E-state index is 0.0671. The van der Waals surface area contributed by atoms with Crippen molar-refractivity contribution in [2.45, 2.75) is 39.0 Å². The lowest BCUT2D eigenvalue weighted by molar-refractivity contribution is -0.00697. The number of nitrogens with one attached hydrogen (secondary N) is 2. The van der Waals surface area contributed by atoms with Crippen molar-refractivity contribution in [1.82, 2.24) is 15.5 Å². The first-order chi connectivity index (χ1) is 12.0. The Bertz CT molecular complexity index is 772. The zero-order valence-electron chi connectivity index (χ0n) is 14.9. The largest absolute Gasteiger partial charge is 0.493 e. The predicted octanol–water partition coefficient (Wildman–Crippen LogP) is 2.38. The van der Waals surface area contributed by atoms with Gasteiger partial charge in [0.15, 0.2) is 17.2 Å². The topological polar surface area (TPSA) is 85.5 Å². The van der Waals surface area contributed by atoms with Gasteiger partial charge >= 0.3 is 0 Å². The summed E-state index contributed by atoms with van der Waals surface area (Å²) in [6.45, 7) is 4.33. The van der Waals surface area contributed by atoms with Crippen LogP contribution in [0.2, 0.25) is 0 Å². The number of ether oxygens (including phenoxy) is 3. The molecule has 7 nitrogen and oxygen atoms in total. The number of amides is 1. The summed E-state index contributed by atoms with van der Waals surface area (Å²) in [5, 5.41) is 10.0. The first kappa shape index (κ1) is 17.3. The van der Waals surface area contributed by atoms with E-state index >= 15 is 0 Å². The van der Waals surface area contributed by atoms with Crippen LogP contribution in [0, 0.1) is 0 Å². The number of nitrogens with zero attached hydrogens (tertiary/aromatic N) is 1. The molecule has 0 fully saturated rings. The number of carbonyl (C=O) groups is 1. The molecular weight excluding hydrogens is 322 g/mol. The Labute approximate surface area is 146 Å². The van der Waals surface area contributed by atoms with E-state index in [9.17, 15) is 4.79 Å². The van der Waals surface area contributed by atoms with E-state index in [-0.39, 0.29) is 18.1 Å². The maximum atomic E-state index is 12.6. The molecule has 1 aromatic carbocycles. The van der Waals surface area contributed by atoms with Crippen molar-refractivity contribution in [3.63, 3.8) is 0 Å². The number of aromatic amines is 1. The lowest BCUT2D eigenvalue weighted by atomic mass is 9.99. The van der Waals surface area contributed by atoms with Gasteiger partial charge in [0, 0.05) is 18.5 Å². The van der Waals surface area contributed by atoms with Gasteiger partial charge in [0.05, 0.1) is 32.1 Å². The maximum absolute atomic E-state index is 12.6. The average Bonchev–Trinajstić information content (AvgIpc) is 3.03. The van der Waals surface area contributed by atoms with Crippen LogP contribution in [0.5, 0.6) is 11.5 Å². The zero-order valence-corrected chi connectivity index (χ0v) is 14.9. The molecule has 2 aromatic rings. The van der Waals surface area contributed by atoms with Gasteiger partial charge in [-0.25, -0.2) is 0 Å². The molecule has 1 amide bonds. The van der Waals surface area contributed by atoms with Gasteiger partial charge in [0.25, 0.3) is 5.91 Å². The maximum Gasteiger partial charge on any atom is 0.272 e. The van der Waals surface area contributed by atoms with Gasteiger partial charge in [0.1, 0.15) is 0 Å². The van der Waals surface area contributed by atoms with Gasteiger partial charge in [-0.2, -0.15) is 5.10 Å². The summed E-state index contributed by atoms with van der Waals surface area (Å²) in [5.74, 6) is 1.08. The van der Waals surface area contributed by atoms with Crippen molar-refractivity contribution >= 4 is 5.91 Å². The Morgan fingerprint density at radius 3 is 2.80 bits per heavy atom. The van der Waals surface area contributed by atoms with Crippen LogP contribution in [0.15, 0.2) is 18.2 Å². The van der Waals surface area contributed by atoms with Crippen molar-refractivity contribution < 1.29 is 19.0 Å². The quantitative estimate of drug-likeness (QED) is 0.869. The fourth-order valence-electron chi connectivity index (χ4n) is 3.12. The third-order valence-corrected chi connectivity index (χ3v) is 4.35. The van der Waals surface area contributed by atoms with Crippen LogP contribution in [0.3, 0.4) is 0 Å². The summed E-state index contributed by atoms with van der Waals surface area (Å²) in [4.78, 5) is 12.6. The highest BCUT2D eigenvalue weighted by Crippen LogP contribution is 2.30. The minimum atomic E-state index is -0.200. The fourth-order valence-corrected chi connectivity index (χ4v) is 3.12. The van der Waals surface area contributed by atoms with E-state index in [2.05, 4.69) is 15.5 Å². The number of hydrogen-bond acceptors (Lipinski definition) is 5. The van der Waals surface area contributed by atoms with Crippen LogP contribution in [0.25, 0.3) is 0 Å². The Morgan fingerprint density at radius 2 is 2.08 bits per heavy atom. The zero-order chi connectivity index (χ0) is 18.0. The molecule has 2 heterocycles. The van der Waals surface area contributed by atoms with Crippen LogP contribution >= 0.6 is 0 Å². The van der Waals surface area contributed by atoms with Crippen molar-refractivity contribution in [3.05, 3.63) is 40.7 Å². The highest BCUT2D eigenvalue weighted by atomic mass is 16.5. The summed E-state index contributed by atoms with van der Waals surface area (Å²) in [6, 6.07) is 5.55. The molecule has 0 unspecified atom stereocenters. The molecule has 1 aromatic heterocycles. The summed E-state index contributed by atoms with van der Waals surface area (Å²) >= 11 is 0. The van der Waals surface area contributed by atoms with Crippen LogP contribution in [0.4, 0.5) is 0 Å². The lowest BCUT2D eigenvalue weighted by Crippen LogP contribution is -2.27. The lowest BCUT2D eigenvalue weighted by Gasteiger charge is -2.25. The molecule has 2 N–H and O–H groups in total. The van der Waals surface area contributed by atoms with Crippen LogP contribution in [-0.4, -0.2) is 36.4 Å². The second-order valence-electron chi connectivity index (χ2n) is 6.13. The third kappa shape index (κ3) is 3.46. The molecule has 0 saturated carbocycles. The molecule has 1 aliphatic heterocycles. The van der Waals surface area contributed by atoms with E-state index in [0.717, 1.165) is 16.8 Å². The molecule has 7 heteroatoms. The smallest absolute Gasteiger partial charge is 0.272 e. The number of carbonyl (C=O) groups excluding carboxylic acids is 1. The number of benzene rings is 1. The van der Waals surface area contributed by atoms with Crippen LogP contribution in [-0.2, 0) is 17.7 Å². The number of H-pyrrole nitrogens is 1. The van der Waals surface area contributed by atoms with Gasteiger partial charge in [-0.15, -0.1) is 0 Å². The molecule has 0 aliphatic carbocycles. The Hall–Kier alpha value is -2.54. The second kappa shape index (κ2) is 7.14. The third-order valence-electron chi connectivity index (χ3n) is 4.35. The molecule has 0 saturated heterocycles. The van der Waals surface area contributed by atoms with Crippen LogP contribution < -0.4 is 14.8 Å². The minimum Gasteiger partial charge on any atom is -0.493 e. The molecule has 0 radical (unpaired) electrons. The highest BCUT2D eigenvalue weighted by Gasteiger charge is 2.29. The van der Waals surface area contributed by atoms with E-state index in [0.29, 0.717) is 30.2 Å². The normalized spacial score (nSPS) is 19.2. The predicted molar refractivity (Wildman–Crippen MR) is 92.0 cm³/mol. The molecule has 2 atom stereocenters. The van der Waals surface area contributed by atoms with Crippen molar-refractivity contribution in [3.8, 4) is 11.5 Å². The molecule has 0 bridgehead atoms. The Balaban J connectivity index is 1.72. The second-order valence-corrected chi connectivity index (χ2v) is 6.13. The van der Waals surface area contributed by atoms with Gasteiger partial charge in [0.2, 0.25) is 0 Å². The van der Waals surface area contributed by atoms with Gasteiger partial charge < -0.3 is 19.5 Å². The molecule has 3 rings (SSSR count). The first-order valence-corrected chi connectivity index (χ1v) is 8.25. The molecule has 0 spiro atoms. The standard InChI is InChI=1S/C18H23N3O4/c1-10-7-13-16(11(2)25-10)20-21-17(13)18(22)19-9-12-5-6-14(23-3)15(8-12)24-4/h5-6,8,10-11H,7,9H2,1-4H3,(H,19,22)(H,20,21)/t10-,11+/m0/s1. The summed E-state index contributed by atoms with van der Waals surface area (Å²) in [6.07, 6.45) is 0.658. The van der Waals surface area contributed by atoms with E-state index in [1.807, 2.05) is 32.0 Å². The summed E-state index contributed by atoms with van der Waals surface area (Å²) < 4.78 is 16.3. The Morgan fingerprint density at radius 1 is 1.32 bits per heavy atom. The molecule has 134 valence electrons. The fraction of sp³-hybridized carbons (Fsp3) is 0.444. The number of fused-ring (bicyclic) bond motifs is 1. The van der Waals surface area contributed by atoms with Crippen molar-refractivity contribution in [2.24, 2.45) is 0 Å². The van der Waals surface area contributed by atoms with Crippen molar-refractivity contribution in [1.29, 1.82) is 0 Å². The van der Waals surface area contributed by atoms with Gasteiger partial charge in [-0.3, -0.25) is 9.89 Å². The van der Waals surface area contributed by atoms with Crippen molar-refractivity contribution in [2.75, 3.05) is 14.2 Å².